The lowest BCUT2D eigenvalue weighted by molar-refractivity contribution is 0.262. The first-order valence-electron chi connectivity index (χ1n) is 7.87. The number of amides is 2. The van der Waals surface area contributed by atoms with E-state index < -0.39 is 6.03 Å². The minimum atomic E-state index is -0.412. The molecule has 0 fully saturated rings. The minimum absolute atomic E-state index is 0.412. The van der Waals surface area contributed by atoms with E-state index in [1.807, 2.05) is 17.7 Å². The molecule has 3 aromatic rings. The van der Waals surface area contributed by atoms with Crippen LogP contribution in [0.5, 0.6) is 11.5 Å². The molecule has 0 radical (unpaired) electrons. The van der Waals surface area contributed by atoms with Gasteiger partial charge < -0.3 is 20.1 Å². The average Bonchev–Trinajstić information content (AvgIpc) is 3.08. The van der Waals surface area contributed by atoms with Crippen LogP contribution in [-0.2, 0) is 0 Å². The lowest BCUT2D eigenvalue weighted by Crippen LogP contribution is -2.20. The van der Waals surface area contributed by atoms with Gasteiger partial charge in [0.15, 0.2) is 11.5 Å². The normalized spacial score (nSPS) is 10.3. The fourth-order valence-electron chi connectivity index (χ4n) is 2.49. The standard InChI is InChI=1S/C18H19N5O3/c1-12-19-9-10-23(12)16-8-7-13(11-20-16)21-18(24)22-14-5-4-6-15(25-2)17(14)26-3/h4-11H,1-3H3,(H2,21,22,24). The van der Waals surface area contributed by atoms with E-state index in [0.717, 1.165) is 11.6 Å². The first kappa shape index (κ1) is 17.3. The highest BCUT2D eigenvalue weighted by Gasteiger charge is 2.12. The summed E-state index contributed by atoms with van der Waals surface area (Å²) in [4.78, 5) is 20.8. The maximum atomic E-state index is 12.3. The summed E-state index contributed by atoms with van der Waals surface area (Å²) in [6, 6.07) is 8.40. The van der Waals surface area contributed by atoms with Gasteiger partial charge in [-0.3, -0.25) is 4.57 Å². The van der Waals surface area contributed by atoms with E-state index in [2.05, 4.69) is 20.6 Å². The summed E-state index contributed by atoms with van der Waals surface area (Å²) in [7, 11) is 3.05. The zero-order valence-corrected chi connectivity index (χ0v) is 14.7. The zero-order chi connectivity index (χ0) is 18.5. The molecule has 0 aliphatic carbocycles. The van der Waals surface area contributed by atoms with Gasteiger partial charge in [-0.2, -0.15) is 0 Å². The Bertz CT molecular complexity index is 905. The van der Waals surface area contributed by atoms with Crippen LogP contribution in [0.1, 0.15) is 5.82 Å². The molecule has 26 heavy (non-hydrogen) atoms. The van der Waals surface area contributed by atoms with Gasteiger partial charge in [-0.1, -0.05) is 6.07 Å². The van der Waals surface area contributed by atoms with Crippen LogP contribution in [0, 0.1) is 6.92 Å². The first-order valence-corrected chi connectivity index (χ1v) is 7.87. The van der Waals surface area contributed by atoms with Gasteiger partial charge in [-0.15, -0.1) is 0 Å². The third-order valence-corrected chi connectivity index (χ3v) is 3.73. The molecule has 0 aliphatic heterocycles. The van der Waals surface area contributed by atoms with Crippen LogP contribution in [0.3, 0.4) is 0 Å². The van der Waals surface area contributed by atoms with Gasteiger partial charge >= 0.3 is 6.03 Å². The van der Waals surface area contributed by atoms with Crippen LogP contribution in [0.2, 0.25) is 0 Å². The van der Waals surface area contributed by atoms with Crippen LogP contribution < -0.4 is 20.1 Å². The monoisotopic (exact) mass is 353 g/mol. The SMILES string of the molecule is COc1cccc(NC(=O)Nc2ccc(-n3ccnc3C)nc2)c1OC. The largest absolute Gasteiger partial charge is 0.493 e. The molecular formula is C18H19N5O3. The number of rotatable bonds is 5. The number of nitrogens with one attached hydrogen (secondary N) is 2. The number of aromatic nitrogens is 3. The number of hydrogen-bond donors (Lipinski definition) is 2. The Balaban J connectivity index is 1.70. The number of nitrogens with zero attached hydrogens (tertiary/aromatic N) is 3. The Hall–Kier alpha value is -3.55. The molecule has 0 saturated carbocycles. The van der Waals surface area contributed by atoms with Crippen molar-refractivity contribution in [2.45, 2.75) is 6.92 Å². The maximum absolute atomic E-state index is 12.3. The number of para-hydroxylation sites is 1. The summed E-state index contributed by atoms with van der Waals surface area (Å²) >= 11 is 0. The van der Waals surface area contributed by atoms with E-state index in [-0.39, 0.29) is 0 Å². The fourth-order valence-corrected chi connectivity index (χ4v) is 2.49. The number of pyridine rings is 1. The summed E-state index contributed by atoms with van der Waals surface area (Å²) < 4.78 is 12.4. The molecule has 0 bridgehead atoms. The van der Waals surface area contributed by atoms with E-state index in [4.69, 9.17) is 9.47 Å². The molecule has 3 rings (SSSR count). The number of hydrogen-bond acceptors (Lipinski definition) is 5. The number of urea groups is 1. The van der Waals surface area contributed by atoms with Crippen molar-refractivity contribution in [1.82, 2.24) is 14.5 Å². The van der Waals surface area contributed by atoms with E-state index in [9.17, 15) is 4.79 Å². The summed E-state index contributed by atoms with van der Waals surface area (Å²) in [6.45, 7) is 1.89. The van der Waals surface area contributed by atoms with E-state index >= 15 is 0 Å². The van der Waals surface area contributed by atoms with Crippen LogP contribution in [0.15, 0.2) is 48.9 Å². The van der Waals surface area contributed by atoms with Crippen molar-refractivity contribution >= 4 is 17.4 Å². The first-order chi connectivity index (χ1) is 12.6. The highest BCUT2D eigenvalue weighted by molar-refractivity contribution is 6.00. The van der Waals surface area contributed by atoms with Gasteiger partial charge in [0.1, 0.15) is 11.6 Å². The molecule has 2 heterocycles. The predicted molar refractivity (Wildman–Crippen MR) is 98.3 cm³/mol. The second-order valence-corrected chi connectivity index (χ2v) is 5.37. The second-order valence-electron chi connectivity index (χ2n) is 5.37. The third kappa shape index (κ3) is 3.59. The zero-order valence-electron chi connectivity index (χ0n) is 14.7. The Morgan fingerprint density at radius 1 is 1.08 bits per heavy atom. The second kappa shape index (κ2) is 7.56. The van der Waals surface area contributed by atoms with E-state index in [0.29, 0.717) is 22.9 Å². The molecule has 1 aromatic carbocycles. The Labute approximate surface area is 150 Å². The van der Waals surface area contributed by atoms with Crippen LogP contribution in [0.4, 0.5) is 16.2 Å². The summed E-state index contributed by atoms with van der Waals surface area (Å²) in [6.07, 6.45) is 5.11. The van der Waals surface area contributed by atoms with Crippen molar-refractivity contribution in [1.29, 1.82) is 0 Å². The summed E-state index contributed by atoms with van der Waals surface area (Å²) in [5.74, 6) is 2.54. The Kier molecular flexibility index (Phi) is 5.02. The van der Waals surface area contributed by atoms with Crippen molar-refractivity contribution in [3.8, 4) is 17.3 Å². The summed E-state index contributed by atoms with van der Waals surface area (Å²) in [5.41, 5.74) is 1.06. The average molecular weight is 353 g/mol. The fraction of sp³-hybridized carbons (Fsp3) is 0.167. The number of benzene rings is 1. The lowest BCUT2D eigenvalue weighted by atomic mass is 10.2. The summed E-state index contributed by atoms with van der Waals surface area (Å²) in [5, 5.41) is 5.47. The lowest BCUT2D eigenvalue weighted by Gasteiger charge is -2.14. The molecule has 0 saturated heterocycles. The van der Waals surface area contributed by atoms with Gasteiger partial charge in [0, 0.05) is 12.4 Å². The smallest absolute Gasteiger partial charge is 0.323 e. The number of carbonyl (C=O) groups excluding carboxylic acids is 1. The van der Waals surface area contributed by atoms with Crippen molar-refractivity contribution in [3.05, 3.63) is 54.7 Å². The highest BCUT2D eigenvalue weighted by Crippen LogP contribution is 2.34. The van der Waals surface area contributed by atoms with Crippen molar-refractivity contribution in [2.24, 2.45) is 0 Å². The number of carbonyl (C=O) groups is 1. The third-order valence-electron chi connectivity index (χ3n) is 3.73. The topological polar surface area (TPSA) is 90.3 Å². The van der Waals surface area contributed by atoms with E-state index in [1.54, 1.807) is 42.7 Å². The number of anilines is 2. The van der Waals surface area contributed by atoms with E-state index in [1.165, 1.54) is 14.2 Å². The Morgan fingerprint density at radius 3 is 2.54 bits per heavy atom. The van der Waals surface area contributed by atoms with Crippen LogP contribution in [-0.4, -0.2) is 34.8 Å². The number of imidazole rings is 1. The maximum Gasteiger partial charge on any atom is 0.323 e. The Morgan fingerprint density at radius 2 is 1.92 bits per heavy atom. The predicted octanol–water partition coefficient (Wildman–Crippen LogP) is 3.24. The minimum Gasteiger partial charge on any atom is -0.493 e. The molecular weight excluding hydrogens is 334 g/mol. The molecule has 2 N–H and O–H groups in total. The molecule has 134 valence electrons. The van der Waals surface area contributed by atoms with Gasteiger partial charge in [0.05, 0.1) is 31.8 Å². The highest BCUT2D eigenvalue weighted by atomic mass is 16.5. The number of methoxy groups -OCH3 is 2. The van der Waals surface area contributed by atoms with Crippen molar-refractivity contribution in [2.75, 3.05) is 24.9 Å². The number of aryl methyl sites for hydroxylation is 1. The van der Waals surface area contributed by atoms with Gasteiger partial charge in [-0.25, -0.2) is 14.8 Å². The van der Waals surface area contributed by atoms with Gasteiger partial charge in [0.25, 0.3) is 0 Å². The van der Waals surface area contributed by atoms with Crippen molar-refractivity contribution in [3.63, 3.8) is 0 Å². The van der Waals surface area contributed by atoms with Crippen LogP contribution in [0.25, 0.3) is 5.82 Å². The molecule has 0 unspecified atom stereocenters. The molecule has 2 amide bonds. The van der Waals surface area contributed by atoms with Crippen molar-refractivity contribution < 1.29 is 14.3 Å². The quantitative estimate of drug-likeness (QED) is 0.735. The molecule has 0 atom stereocenters. The molecule has 2 aromatic heterocycles. The molecule has 0 aliphatic rings. The van der Waals surface area contributed by atoms with Gasteiger partial charge in [-0.05, 0) is 31.2 Å². The van der Waals surface area contributed by atoms with Crippen LogP contribution >= 0.6 is 0 Å². The molecule has 8 heteroatoms. The van der Waals surface area contributed by atoms with Gasteiger partial charge in [0.2, 0.25) is 0 Å². The molecule has 8 nitrogen and oxygen atoms in total. The molecule has 0 spiro atoms. The number of ether oxygens (including phenoxy) is 2.